The van der Waals surface area contributed by atoms with Crippen LogP contribution in [0.5, 0.6) is 0 Å². The van der Waals surface area contributed by atoms with Gasteiger partial charge in [0.15, 0.2) is 0 Å². The molecule has 0 saturated heterocycles. The highest BCUT2D eigenvalue weighted by molar-refractivity contribution is 7.09. The van der Waals surface area contributed by atoms with Crippen molar-refractivity contribution < 1.29 is 9.59 Å². The number of thiophene rings is 1. The Morgan fingerprint density at radius 2 is 1.76 bits per heavy atom. The van der Waals surface area contributed by atoms with Gasteiger partial charge in [-0.05, 0) is 42.1 Å². The molecule has 1 aromatic carbocycles. The van der Waals surface area contributed by atoms with E-state index in [1.807, 2.05) is 53.6 Å². The Bertz CT molecular complexity index is 668. The second-order valence-electron chi connectivity index (χ2n) is 5.76. The lowest BCUT2D eigenvalue weighted by molar-refractivity contribution is -0.123. The molecule has 0 fully saturated rings. The largest absolute Gasteiger partial charge is 0.350 e. The van der Waals surface area contributed by atoms with Gasteiger partial charge in [-0.25, -0.2) is 0 Å². The summed E-state index contributed by atoms with van der Waals surface area (Å²) in [6.07, 6.45) is 0.971. The molecule has 6 heteroatoms. The molecule has 0 atom stereocenters. The van der Waals surface area contributed by atoms with Crippen LogP contribution in [0.15, 0.2) is 41.8 Å². The molecule has 134 valence electrons. The number of rotatable bonds is 9. The Balaban J connectivity index is 1.77. The van der Waals surface area contributed by atoms with Gasteiger partial charge in [-0.15, -0.1) is 11.3 Å². The first-order valence-electron chi connectivity index (χ1n) is 8.51. The quantitative estimate of drug-likeness (QED) is 0.724. The Morgan fingerprint density at radius 1 is 1.04 bits per heavy atom. The van der Waals surface area contributed by atoms with Gasteiger partial charge in [0.1, 0.15) is 0 Å². The maximum absolute atomic E-state index is 12.2. The Kier molecular flexibility index (Phi) is 7.63. The van der Waals surface area contributed by atoms with Crippen molar-refractivity contribution in [2.24, 2.45) is 0 Å². The maximum Gasteiger partial charge on any atom is 0.238 e. The van der Waals surface area contributed by atoms with Crippen molar-refractivity contribution in [2.75, 3.05) is 25.0 Å². The van der Waals surface area contributed by atoms with Crippen LogP contribution in [0.1, 0.15) is 24.3 Å². The minimum Gasteiger partial charge on any atom is -0.350 e. The van der Waals surface area contributed by atoms with E-state index in [-0.39, 0.29) is 24.9 Å². The van der Waals surface area contributed by atoms with E-state index >= 15 is 0 Å². The van der Waals surface area contributed by atoms with Gasteiger partial charge in [0, 0.05) is 10.6 Å². The number of hydrogen-bond acceptors (Lipinski definition) is 4. The first-order valence-corrected chi connectivity index (χ1v) is 9.39. The SMILES string of the molecule is CCc1ccc(NC(=O)CN(CC)CC(=O)NCc2cccs2)cc1. The first-order chi connectivity index (χ1) is 12.1. The average molecular weight is 359 g/mol. The van der Waals surface area contributed by atoms with Crippen LogP contribution in [-0.4, -0.2) is 36.3 Å². The van der Waals surface area contributed by atoms with Gasteiger partial charge in [-0.1, -0.05) is 32.0 Å². The normalized spacial score (nSPS) is 10.7. The van der Waals surface area contributed by atoms with E-state index in [9.17, 15) is 9.59 Å². The maximum atomic E-state index is 12.2. The van der Waals surface area contributed by atoms with Crippen molar-refractivity contribution in [2.45, 2.75) is 26.8 Å². The lowest BCUT2D eigenvalue weighted by Gasteiger charge is -2.19. The topological polar surface area (TPSA) is 61.4 Å². The molecule has 0 aliphatic rings. The van der Waals surface area contributed by atoms with Crippen molar-refractivity contribution in [3.05, 3.63) is 52.2 Å². The van der Waals surface area contributed by atoms with Crippen molar-refractivity contribution in [3.63, 3.8) is 0 Å². The zero-order valence-electron chi connectivity index (χ0n) is 14.7. The minimum atomic E-state index is -0.114. The van der Waals surface area contributed by atoms with E-state index in [0.717, 1.165) is 17.0 Å². The smallest absolute Gasteiger partial charge is 0.238 e. The highest BCUT2D eigenvalue weighted by atomic mass is 32.1. The van der Waals surface area contributed by atoms with E-state index in [1.165, 1.54) is 5.56 Å². The van der Waals surface area contributed by atoms with Crippen LogP contribution in [0, 0.1) is 0 Å². The number of nitrogens with zero attached hydrogens (tertiary/aromatic N) is 1. The molecule has 2 aromatic rings. The molecule has 2 amide bonds. The Hall–Kier alpha value is -2.18. The number of nitrogens with one attached hydrogen (secondary N) is 2. The Labute approximate surface area is 153 Å². The van der Waals surface area contributed by atoms with E-state index in [1.54, 1.807) is 11.3 Å². The molecular formula is C19H25N3O2S. The summed E-state index contributed by atoms with van der Waals surface area (Å²) in [4.78, 5) is 27.2. The van der Waals surface area contributed by atoms with Gasteiger partial charge >= 0.3 is 0 Å². The third kappa shape index (κ3) is 6.68. The summed E-state index contributed by atoms with van der Waals surface area (Å²) in [5.74, 6) is -0.187. The highest BCUT2D eigenvalue weighted by Gasteiger charge is 2.13. The molecule has 0 spiro atoms. The number of hydrogen-bond donors (Lipinski definition) is 2. The van der Waals surface area contributed by atoms with Crippen LogP contribution in [0.25, 0.3) is 0 Å². The standard InChI is InChI=1S/C19H25N3O2S/c1-3-15-7-9-16(10-8-15)21-19(24)14-22(4-2)13-18(23)20-12-17-6-5-11-25-17/h5-11H,3-4,12-14H2,1-2H3,(H,20,23)(H,21,24). The van der Waals surface area contributed by atoms with E-state index < -0.39 is 0 Å². The van der Waals surface area contributed by atoms with E-state index in [0.29, 0.717) is 13.1 Å². The molecule has 1 heterocycles. The van der Waals surface area contributed by atoms with Crippen LogP contribution < -0.4 is 10.6 Å². The molecule has 2 rings (SSSR count). The van der Waals surface area contributed by atoms with Crippen LogP contribution in [0.4, 0.5) is 5.69 Å². The van der Waals surface area contributed by atoms with E-state index in [2.05, 4.69) is 17.6 Å². The molecular weight excluding hydrogens is 334 g/mol. The predicted molar refractivity (Wildman–Crippen MR) is 103 cm³/mol. The van der Waals surface area contributed by atoms with Gasteiger partial charge in [-0.2, -0.15) is 0 Å². The first kappa shape index (κ1) is 19.1. The molecule has 0 aliphatic heterocycles. The molecule has 25 heavy (non-hydrogen) atoms. The van der Waals surface area contributed by atoms with Gasteiger partial charge < -0.3 is 10.6 Å². The second kappa shape index (κ2) is 9.96. The highest BCUT2D eigenvalue weighted by Crippen LogP contribution is 2.10. The number of carbonyl (C=O) groups excluding carboxylic acids is 2. The number of benzene rings is 1. The second-order valence-corrected chi connectivity index (χ2v) is 6.79. The Morgan fingerprint density at radius 3 is 2.36 bits per heavy atom. The number of likely N-dealkylation sites (N-methyl/N-ethyl adjacent to an activating group) is 1. The molecule has 1 aromatic heterocycles. The zero-order chi connectivity index (χ0) is 18.1. The predicted octanol–water partition coefficient (Wildman–Crippen LogP) is 2.89. The fourth-order valence-electron chi connectivity index (χ4n) is 2.36. The van der Waals surface area contributed by atoms with Crippen LogP contribution in [0.2, 0.25) is 0 Å². The summed E-state index contributed by atoms with van der Waals surface area (Å²) in [5.41, 5.74) is 2.01. The van der Waals surface area contributed by atoms with Crippen molar-refractivity contribution >= 4 is 28.8 Å². The summed E-state index contributed by atoms with van der Waals surface area (Å²) in [7, 11) is 0. The third-order valence-electron chi connectivity index (χ3n) is 3.87. The van der Waals surface area contributed by atoms with Crippen molar-refractivity contribution in [1.82, 2.24) is 10.2 Å². The summed E-state index contributed by atoms with van der Waals surface area (Å²) in [6.45, 7) is 5.60. The van der Waals surface area contributed by atoms with Crippen LogP contribution in [0.3, 0.4) is 0 Å². The van der Waals surface area contributed by atoms with Gasteiger partial charge in [-0.3, -0.25) is 14.5 Å². The minimum absolute atomic E-state index is 0.0738. The molecule has 0 bridgehead atoms. The molecule has 5 nitrogen and oxygen atoms in total. The number of anilines is 1. The van der Waals surface area contributed by atoms with Gasteiger partial charge in [0.2, 0.25) is 11.8 Å². The summed E-state index contributed by atoms with van der Waals surface area (Å²) >= 11 is 1.61. The molecule has 0 radical (unpaired) electrons. The fraction of sp³-hybridized carbons (Fsp3) is 0.368. The monoisotopic (exact) mass is 359 g/mol. The summed E-state index contributed by atoms with van der Waals surface area (Å²) in [5, 5.41) is 7.74. The average Bonchev–Trinajstić information content (AvgIpc) is 3.13. The number of amides is 2. The summed E-state index contributed by atoms with van der Waals surface area (Å²) < 4.78 is 0. The number of aryl methyl sites for hydroxylation is 1. The fourth-order valence-corrected chi connectivity index (χ4v) is 3.01. The lowest BCUT2D eigenvalue weighted by Crippen LogP contribution is -2.40. The zero-order valence-corrected chi connectivity index (χ0v) is 15.6. The van der Waals surface area contributed by atoms with Crippen molar-refractivity contribution in [3.8, 4) is 0 Å². The molecule has 0 aliphatic carbocycles. The summed E-state index contributed by atoms with van der Waals surface area (Å²) in [6, 6.07) is 11.8. The van der Waals surface area contributed by atoms with Crippen LogP contribution >= 0.6 is 11.3 Å². The lowest BCUT2D eigenvalue weighted by atomic mass is 10.1. The van der Waals surface area contributed by atoms with Gasteiger partial charge in [0.25, 0.3) is 0 Å². The number of carbonyl (C=O) groups is 2. The van der Waals surface area contributed by atoms with E-state index in [4.69, 9.17) is 0 Å². The van der Waals surface area contributed by atoms with Gasteiger partial charge in [0.05, 0.1) is 19.6 Å². The third-order valence-corrected chi connectivity index (χ3v) is 4.74. The molecule has 0 saturated carbocycles. The van der Waals surface area contributed by atoms with Crippen molar-refractivity contribution in [1.29, 1.82) is 0 Å². The molecule has 0 unspecified atom stereocenters. The molecule has 2 N–H and O–H groups in total. The van der Waals surface area contributed by atoms with Crippen LogP contribution in [-0.2, 0) is 22.6 Å².